The van der Waals surface area contributed by atoms with Gasteiger partial charge in [-0.15, -0.1) is 0 Å². The van der Waals surface area contributed by atoms with Crippen molar-refractivity contribution in [3.63, 3.8) is 0 Å². The average molecular weight is 394 g/mol. The van der Waals surface area contributed by atoms with Crippen LogP contribution in [0.5, 0.6) is 5.75 Å². The van der Waals surface area contributed by atoms with Crippen molar-refractivity contribution in [3.05, 3.63) is 83.6 Å². The van der Waals surface area contributed by atoms with Crippen LogP contribution < -0.4 is 10.1 Å². The fraction of sp³-hybridized carbons (Fsp3) is 0.136. The minimum absolute atomic E-state index is 0.226. The molecule has 3 aromatic rings. The van der Waals surface area contributed by atoms with Crippen LogP contribution in [0.3, 0.4) is 0 Å². The molecule has 6 heteroatoms. The number of ether oxygens (including phenoxy) is 1. The zero-order valence-corrected chi connectivity index (χ0v) is 16.1. The third-order valence-electron chi connectivity index (χ3n) is 3.92. The largest absolute Gasteiger partial charge is 0.494 e. The van der Waals surface area contributed by atoms with Gasteiger partial charge in [0.1, 0.15) is 11.7 Å². The number of rotatable bonds is 7. The SMILES string of the molecule is CCOc1ccc(N=CC(C(=O)Nc2ccc(Cl)cc2)c2ccccn2)cc1. The van der Waals surface area contributed by atoms with Gasteiger partial charge < -0.3 is 10.1 Å². The van der Waals surface area contributed by atoms with E-state index < -0.39 is 5.92 Å². The summed E-state index contributed by atoms with van der Waals surface area (Å²) >= 11 is 5.90. The summed E-state index contributed by atoms with van der Waals surface area (Å²) in [6.07, 6.45) is 3.26. The van der Waals surface area contributed by atoms with E-state index in [0.29, 0.717) is 23.0 Å². The van der Waals surface area contributed by atoms with Crippen LogP contribution in [0.15, 0.2) is 77.9 Å². The number of hydrogen-bond acceptors (Lipinski definition) is 4. The summed E-state index contributed by atoms with van der Waals surface area (Å²) in [6, 6.07) is 19.8. The molecular weight excluding hydrogens is 374 g/mol. The molecule has 0 spiro atoms. The fourth-order valence-electron chi connectivity index (χ4n) is 2.55. The number of anilines is 1. The highest BCUT2D eigenvalue weighted by atomic mass is 35.5. The Bertz CT molecular complexity index is 926. The topological polar surface area (TPSA) is 63.6 Å². The molecule has 1 N–H and O–H groups in total. The first-order valence-corrected chi connectivity index (χ1v) is 9.28. The molecule has 0 radical (unpaired) electrons. The van der Waals surface area contributed by atoms with Gasteiger partial charge in [0.2, 0.25) is 5.91 Å². The number of carbonyl (C=O) groups excluding carboxylic acids is 1. The second kappa shape index (κ2) is 9.67. The molecule has 3 rings (SSSR count). The van der Waals surface area contributed by atoms with Crippen LogP contribution in [0.25, 0.3) is 0 Å². The lowest BCUT2D eigenvalue weighted by Crippen LogP contribution is -2.23. The predicted octanol–water partition coefficient (Wildman–Crippen LogP) is 5.26. The number of benzene rings is 2. The van der Waals surface area contributed by atoms with Gasteiger partial charge in [0.15, 0.2) is 0 Å². The van der Waals surface area contributed by atoms with Gasteiger partial charge in [0.05, 0.1) is 18.0 Å². The molecule has 2 aromatic carbocycles. The highest BCUT2D eigenvalue weighted by Crippen LogP contribution is 2.21. The lowest BCUT2D eigenvalue weighted by Gasteiger charge is -2.12. The summed E-state index contributed by atoms with van der Waals surface area (Å²) in [5.41, 5.74) is 2.00. The summed E-state index contributed by atoms with van der Waals surface area (Å²) in [6.45, 7) is 2.54. The molecule has 1 amide bonds. The Labute approximate surface area is 169 Å². The zero-order valence-electron chi connectivity index (χ0n) is 15.4. The van der Waals surface area contributed by atoms with Crippen molar-refractivity contribution in [2.24, 2.45) is 4.99 Å². The van der Waals surface area contributed by atoms with Gasteiger partial charge in [-0.3, -0.25) is 14.8 Å². The van der Waals surface area contributed by atoms with Crippen LogP contribution in [0.4, 0.5) is 11.4 Å². The van der Waals surface area contributed by atoms with Gasteiger partial charge in [-0.25, -0.2) is 0 Å². The van der Waals surface area contributed by atoms with Crippen LogP contribution in [-0.4, -0.2) is 23.7 Å². The Morgan fingerprint density at radius 3 is 2.54 bits per heavy atom. The second-order valence-electron chi connectivity index (χ2n) is 5.93. The maximum Gasteiger partial charge on any atom is 0.238 e. The predicted molar refractivity (Wildman–Crippen MR) is 113 cm³/mol. The van der Waals surface area contributed by atoms with Gasteiger partial charge in [0, 0.05) is 23.1 Å². The monoisotopic (exact) mass is 393 g/mol. The van der Waals surface area contributed by atoms with Gasteiger partial charge in [0.25, 0.3) is 0 Å². The molecule has 0 bridgehead atoms. The molecule has 5 nitrogen and oxygen atoms in total. The van der Waals surface area contributed by atoms with Crippen LogP contribution in [0.1, 0.15) is 18.5 Å². The van der Waals surface area contributed by atoms with Gasteiger partial charge in [-0.1, -0.05) is 17.7 Å². The lowest BCUT2D eigenvalue weighted by molar-refractivity contribution is -0.116. The van der Waals surface area contributed by atoms with E-state index in [1.807, 2.05) is 37.3 Å². The summed E-state index contributed by atoms with van der Waals surface area (Å²) in [5.74, 6) is -0.0811. The molecule has 28 heavy (non-hydrogen) atoms. The van der Waals surface area contributed by atoms with E-state index in [0.717, 1.165) is 11.4 Å². The molecule has 0 saturated heterocycles. The van der Waals surface area contributed by atoms with E-state index in [4.69, 9.17) is 16.3 Å². The average Bonchev–Trinajstić information content (AvgIpc) is 2.72. The Balaban J connectivity index is 1.80. The van der Waals surface area contributed by atoms with E-state index in [2.05, 4.69) is 15.3 Å². The molecule has 0 saturated carbocycles. The first kappa shape index (κ1) is 19.6. The van der Waals surface area contributed by atoms with E-state index in [1.165, 1.54) is 0 Å². The molecule has 0 aliphatic heterocycles. The summed E-state index contributed by atoms with van der Waals surface area (Å²) in [5, 5.41) is 3.49. The third kappa shape index (κ3) is 5.41. The molecule has 1 atom stereocenters. The number of halogens is 1. The van der Waals surface area contributed by atoms with Crippen molar-refractivity contribution in [3.8, 4) is 5.75 Å². The number of nitrogens with zero attached hydrogens (tertiary/aromatic N) is 2. The minimum Gasteiger partial charge on any atom is -0.494 e. The van der Waals surface area contributed by atoms with Crippen LogP contribution >= 0.6 is 11.6 Å². The molecule has 142 valence electrons. The van der Waals surface area contributed by atoms with E-state index in [1.54, 1.807) is 48.8 Å². The molecule has 1 heterocycles. The Hall–Kier alpha value is -3.18. The smallest absolute Gasteiger partial charge is 0.238 e. The van der Waals surface area contributed by atoms with Gasteiger partial charge in [-0.2, -0.15) is 0 Å². The summed E-state index contributed by atoms with van der Waals surface area (Å²) in [4.78, 5) is 21.6. The van der Waals surface area contributed by atoms with Crippen molar-refractivity contribution < 1.29 is 9.53 Å². The van der Waals surface area contributed by atoms with Gasteiger partial charge >= 0.3 is 0 Å². The number of amides is 1. The van der Waals surface area contributed by atoms with E-state index in [-0.39, 0.29) is 5.91 Å². The standard InChI is InChI=1S/C22H20ClN3O2/c1-2-28-19-12-10-17(11-13-19)25-15-20(21-5-3-4-14-24-21)22(27)26-18-8-6-16(23)7-9-18/h3-15,20H,2H2,1H3,(H,26,27). The van der Waals surface area contributed by atoms with E-state index in [9.17, 15) is 4.79 Å². The van der Waals surface area contributed by atoms with Crippen molar-refractivity contribution in [1.82, 2.24) is 4.98 Å². The number of aromatic nitrogens is 1. The van der Waals surface area contributed by atoms with Crippen molar-refractivity contribution >= 4 is 35.1 Å². The number of pyridine rings is 1. The third-order valence-corrected chi connectivity index (χ3v) is 4.17. The Morgan fingerprint density at radius 2 is 1.89 bits per heavy atom. The lowest BCUT2D eigenvalue weighted by atomic mass is 10.0. The molecular formula is C22H20ClN3O2. The normalized spacial score (nSPS) is 11.9. The molecule has 0 fully saturated rings. The van der Waals surface area contributed by atoms with Crippen molar-refractivity contribution in [1.29, 1.82) is 0 Å². The molecule has 0 aliphatic carbocycles. The van der Waals surface area contributed by atoms with Crippen molar-refractivity contribution in [2.45, 2.75) is 12.8 Å². The minimum atomic E-state index is -0.636. The first-order valence-electron chi connectivity index (χ1n) is 8.90. The highest BCUT2D eigenvalue weighted by Gasteiger charge is 2.20. The van der Waals surface area contributed by atoms with Crippen LogP contribution in [-0.2, 0) is 4.79 Å². The number of aliphatic imine (C=N–C) groups is 1. The molecule has 1 aromatic heterocycles. The molecule has 1 unspecified atom stereocenters. The van der Waals surface area contributed by atoms with E-state index >= 15 is 0 Å². The quantitative estimate of drug-likeness (QED) is 0.557. The maximum atomic E-state index is 12.9. The number of hydrogen-bond donors (Lipinski definition) is 1. The molecule has 0 aliphatic rings. The summed E-state index contributed by atoms with van der Waals surface area (Å²) < 4.78 is 5.43. The summed E-state index contributed by atoms with van der Waals surface area (Å²) in [7, 11) is 0. The number of carbonyl (C=O) groups is 1. The van der Waals surface area contributed by atoms with Crippen LogP contribution in [0, 0.1) is 0 Å². The Kier molecular flexibility index (Phi) is 6.76. The first-order chi connectivity index (χ1) is 13.7. The highest BCUT2D eigenvalue weighted by molar-refractivity contribution is 6.30. The second-order valence-corrected chi connectivity index (χ2v) is 6.37. The fourth-order valence-corrected chi connectivity index (χ4v) is 2.67. The van der Waals surface area contributed by atoms with Gasteiger partial charge in [-0.05, 0) is 67.6 Å². The van der Waals surface area contributed by atoms with Crippen LogP contribution in [0.2, 0.25) is 5.02 Å². The maximum absolute atomic E-state index is 12.9. The van der Waals surface area contributed by atoms with Crippen molar-refractivity contribution in [2.75, 3.05) is 11.9 Å². The zero-order chi connectivity index (χ0) is 19.8. The Morgan fingerprint density at radius 1 is 1.14 bits per heavy atom. The number of nitrogens with one attached hydrogen (secondary N) is 1.